The lowest BCUT2D eigenvalue weighted by Crippen LogP contribution is -2.47. The Morgan fingerprint density at radius 3 is 2.68 bits per heavy atom. The molecule has 3 aliphatic rings. The van der Waals surface area contributed by atoms with Gasteiger partial charge >= 0.3 is 0 Å². The van der Waals surface area contributed by atoms with Gasteiger partial charge in [0, 0.05) is 38.1 Å². The summed E-state index contributed by atoms with van der Waals surface area (Å²) in [6, 6.07) is 5.87. The SMILES string of the molecule is Cc1ccc(-n2ncc3c(=O)n4c(nc32)SCC4CC(=O)N2CCC3(CC2)OCCO3)cc1C. The Balaban J connectivity index is 1.24. The van der Waals surface area contributed by atoms with Crippen LogP contribution in [0, 0.1) is 13.8 Å². The molecule has 34 heavy (non-hydrogen) atoms. The van der Waals surface area contributed by atoms with Crippen molar-refractivity contribution in [1.82, 2.24) is 24.2 Å². The first kappa shape index (κ1) is 21.8. The average molecular weight is 482 g/mol. The molecule has 6 rings (SSSR count). The number of hydrogen-bond donors (Lipinski definition) is 0. The number of aryl methyl sites for hydroxylation is 2. The Morgan fingerprint density at radius 1 is 1.18 bits per heavy atom. The molecule has 2 fully saturated rings. The Labute approximate surface area is 201 Å². The van der Waals surface area contributed by atoms with E-state index in [1.54, 1.807) is 15.4 Å². The van der Waals surface area contributed by atoms with Crippen molar-refractivity contribution in [3.8, 4) is 5.69 Å². The summed E-state index contributed by atoms with van der Waals surface area (Å²) in [5.74, 6) is 0.209. The first-order chi connectivity index (χ1) is 16.4. The highest BCUT2D eigenvalue weighted by molar-refractivity contribution is 7.99. The van der Waals surface area contributed by atoms with Gasteiger partial charge in [0.05, 0.1) is 31.1 Å². The van der Waals surface area contributed by atoms with E-state index in [0.29, 0.717) is 61.1 Å². The topological polar surface area (TPSA) is 91.5 Å². The second-order valence-electron chi connectivity index (χ2n) is 9.29. The molecule has 3 aromatic rings. The number of likely N-dealkylation sites (tertiary alicyclic amines) is 1. The summed E-state index contributed by atoms with van der Waals surface area (Å²) in [5.41, 5.74) is 3.65. The van der Waals surface area contributed by atoms with Crippen molar-refractivity contribution >= 4 is 28.7 Å². The molecule has 1 aromatic carbocycles. The molecule has 3 aliphatic heterocycles. The fraction of sp³-hybridized carbons (Fsp3) is 0.500. The highest BCUT2D eigenvalue weighted by Gasteiger charge is 2.41. The van der Waals surface area contributed by atoms with E-state index in [-0.39, 0.29) is 23.9 Å². The summed E-state index contributed by atoms with van der Waals surface area (Å²) in [5, 5.41) is 5.58. The predicted octanol–water partition coefficient (Wildman–Crippen LogP) is 2.60. The number of benzene rings is 1. The second-order valence-corrected chi connectivity index (χ2v) is 10.3. The van der Waals surface area contributed by atoms with Gasteiger partial charge in [-0.15, -0.1) is 0 Å². The van der Waals surface area contributed by atoms with E-state index in [1.165, 1.54) is 17.3 Å². The molecule has 1 atom stereocenters. The summed E-state index contributed by atoms with van der Waals surface area (Å²) in [4.78, 5) is 33.2. The maximum Gasteiger partial charge on any atom is 0.265 e. The summed E-state index contributed by atoms with van der Waals surface area (Å²) in [6.45, 7) is 6.58. The second kappa shape index (κ2) is 8.21. The number of piperidine rings is 1. The minimum absolute atomic E-state index is 0.0594. The zero-order valence-corrected chi connectivity index (χ0v) is 20.1. The number of ether oxygens (including phenoxy) is 2. The van der Waals surface area contributed by atoms with Crippen molar-refractivity contribution in [2.45, 2.75) is 50.1 Å². The van der Waals surface area contributed by atoms with Crippen LogP contribution in [0.1, 0.15) is 36.4 Å². The number of hydrogen-bond acceptors (Lipinski definition) is 7. The molecular formula is C24H27N5O4S. The molecule has 2 saturated heterocycles. The molecule has 0 radical (unpaired) electrons. The van der Waals surface area contributed by atoms with Gasteiger partial charge < -0.3 is 14.4 Å². The standard InChI is InChI=1S/C24H27N5O4S/c1-15-3-4-17(11-16(15)2)29-21-19(13-25-29)22(31)28-18(14-34-23(28)26-21)12-20(30)27-7-5-24(6-8-27)32-9-10-33-24/h3-4,11,13,18H,5-10,12,14H2,1-2H3. The van der Waals surface area contributed by atoms with E-state index in [4.69, 9.17) is 14.5 Å². The van der Waals surface area contributed by atoms with Crippen molar-refractivity contribution in [2.75, 3.05) is 32.1 Å². The Bertz CT molecular complexity index is 1330. The molecule has 0 N–H and O–H groups in total. The van der Waals surface area contributed by atoms with Crippen LogP contribution in [0.4, 0.5) is 0 Å². The van der Waals surface area contributed by atoms with Crippen LogP contribution in [0.2, 0.25) is 0 Å². The van der Waals surface area contributed by atoms with Crippen LogP contribution >= 0.6 is 11.8 Å². The number of thioether (sulfide) groups is 1. The minimum Gasteiger partial charge on any atom is -0.347 e. The highest BCUT2D eigenvalue weighted by Crippen LogP contribution is 2.35. The molecule has 1 spiro atoms. The van der Waals surface area contributed by atoms with Crippen molar-refractivity contribution < 1.29 is 14.3 Å². The summed E-state index contributed by atoms with van der Waals surface area (Å²) >= 11 is 1.52. The van der Waals surface area contributed by atoms with Gasteiger partial charge in [-0.25, -0.2) is 9.67 Å². The molecule has 0 bridgehead atoms. The predicted molar refractivity (Wildman–Crippen MR) is 127 cm³/mol. The highest BCUT2D eigenvalue weighted by atomic mass is 32.2. The first-order valence-electron chi connectivity index (χ1n) is 11.7. The van der Waals surface area contributed by atoms with Crippen LogP contribution < -0.4 is 5.56 Å². The van der Waals surface area contributed by atoms with Gasteiger partial charge in [0.1, 0.15) is 5.39 Å². The minimum atomic E-state index is -0.505. The van der Waals surface area contributed by atoms with Crippen LogP contribution in [-0.4, -0.2) is 68.0 Å². The number of aromatic nitrogens is 4. The monoisotopic (exact) mass is 481 g/mol. The number of fused-ring (bicyclic) bond motifs is 2. The van der Waals surface area contributed by atoms with E-state index in [9.17, 15) is 9.59 Å². The smallest absolute Gasteiger partial charge is 0.265 e. The van der Waals surface area contributed by atoms with Gasteiger partial charge in [0.15, 0.2) is 16.6 Å². The number of carbonyl (C=O) groups excluding carboxylic acids is 1. The van der Waals surface area contributed by atoms with E-state index < -0.39 is 5.79 Å². The number of carbonyl (C=O) groups is 1. The van der Waals surface area contributed by atoms with Crippen molar-refractivity contribution in [2.24, 2.45) is 0 Å². The lowest BCUT2D eigenvalue weighted by Gasteiger charge is -2.37. The fourth-order valence-corrected chi connectivity index (χ4v) is 6.17. The lowest BCUT2D eigenvalue weighted by molar-refractivity contribution is -0.187. The summed E-state index contributed by atoms with van der Waals surface area (Å²) in [7, 11) is 0. The molecule has 178 valence electrons. The molecule has 10 heteroatoms. The first-order valence-corrected chi connectivity index (χ1v) is 12.7. The van der Waals surface area contributed by atoms with Crippen LogP contribution in [-0.2, 0) is 14.3 Å². The van der Waals surface area contributed by atoms with Gasteiger partial charge in [-0.05, 0) is 37.1 Å². The average Bonchev–Trinajstić information content (AvgIpc) is 3.56. The third kappa shape index (κ3) is 3.55. The van der Waals surface area contributed by atoms with Crippen molar-refractivity contribution in [3.05, 3.63) is 45.9 Å². The Kier molecular flexibility index (Phi) is 5.27. The molecule has 1 amide bonds. The molecular weight excluding hydrogens is 454 g/mol. The van der Waals surface area contributed by atoms with E-state index >= 15 is 0 Å². The van der Waals surface area contributed by atoms with Crippen LogP contribution in [0.5, 0.6) is 0 Å². The summed E-state index contributed by atoms with van der Waals surface area (Å²) < 4.78 is 14.9. The van der Waals surface area contributed by atoms with Crippen molar-refractivity contribution in [1.29, 1.82) is 0 Å². The third-order valence-electron chi connectivity index (χ3n) is 7.21. The molecule has 5 heterocycles. The third-order valence-corrected chi connectivity index (χ3v) is 8.31. The zero-order chi connectivity index (χ0) is 23.4. The Morgan fingerprint density at radius 2 is 1.94 bits per heavy atom. The van der Waals surface area contributed by atoms with E-state index in [1.807, 2.05) is 23.1 Å². The van der Waals surface area contributed by atoms with E-state index in [0.717, 1.165) is 11.3 Å². The van der Waals surface area contributed by atoms with Gasteiger partial charge in [0.2, 0.25) is 5.91 Å². The van der Waals surface area contributed by atoms with Gasteiger partial charge in [-0.2, -0.15) is 5.10 Å². The van der Waals surface area contributed by atoms with Gasteiger partial charge in [-0.1, -0.05) is 17.8 Å². The maximum absolute atomic E-state index is 13.4. The van der Waals surface area contributed by atoms with Crippen molar-refractivity contribution in [3.63, 3.8) is 0 Å². The van der Waals surface area contributed by atoms with Crippen LogP contribution in [0.25, 0.3) is 16.7 Å². The molecule has 1 unspecified atom stereocenters. The largest absolute Gasteiger partial charge is 0.347 e. The quantitative estimate of drug-likeness (QED) is 0.531. The number of amides is 1. The van der Waals surface area contributed by atoms with Gasteiger partial charge in [0.25, 0.3) is 5.56 Å². The summed E-state index contributed by atoms with van der Waals surface area (Å²) in [6.07, 6.45) is 3.25. The number of nitrogens with zero attached hydrogens (tertiary/aromatic N) is 5. The normalized spacial score (nSPS) is 21.5. The van der Waals surface area contributed by atoms with E-state index in [2.05, 4.69) is 18.9 Å². The maximum atomic E-state index is 13.4. The van der Waals surface area contributed by atoms with Crippen LogP contribution in [0.15, 0.2) is 34.3 Å². The Hall–Kier alpha value is -2.69. The lowest BCUT2D eigenvalue weighted by atomic mass is 10.0. The molecule has 0 saturated carbocycles. The molecule has 9 nitrogen and oxygen atoms in total. The number of rotatable bonds is 3. The zero-order valence-electron chi connectivity index (χ0n) is 19.3. The molecule has 2 aromatic heterocycles. The fourth-order valence-electron chi connectivity index (χ4n) is 5.04. The molecule has 0 aliphatic carbocycles. The van der Waals surface area contributed by atoms with Gasteiger partial charge in [-0.3, -0.25) is 14.2 Å². The van der Waals surface area contributed by atoms with Crippen LogP contribution in [0.3, 0.4) is 0 Å².